The molecule has 1 fully saturated rings. The number of fused-ring (bicyclic) bond motifs is 1. The number of benzene rings is 2. The highest BCUT2D eigenvalue weighted by molar-refractivity contribution is 7.89. The lowest BCUT2D eigenvalue weighted by Crippen LogP contribution is -2.43. The van der Waals surface area contributed by atoms with Gasteiger partial charge in [-0.25, -0.2) is 18.2 Å². The number of amides is 3. The Morgan fingerprint density at radius 3 is 2.43 bits per heavy atom. The third-order valence-corrected chi connectivity index (χ3v) is 4.39. The molecule has 8 heteroatoms. The Balaban J connectivity index is 1.93. The van der Waals surface area contributed by atoms with E-state index in [1.54, 1.807) is 18.2 Å². The van der Waals surface area contributed by atoms with E-state index < -0.39 is 22.0 Å². The first kappa shape index (κ1) is 13.5. The van der Waals surface area contributed by atoms with Gasteiger partial charge in [-0.15, -0.1) is 4.83 Å². The third kappa shape index (κ3) is 2.58. The van der Waals surface area contributed by atoms with Gasteiger partial charge in [0.05, 0.1) is 4.90 Å². The van der Waals surface area contributed by atoms with Gasteiger partial charge in [0.25, 0.3) is 10.0 Å². The summed E-state index contributed by atoms with van der Waals surface area (Å²) >= 11 is 0. The Morgan fingerprint density at radius 1 is 1.05 bits per heavy atom. The molecule has 3 amide bonds. The van der Waals surface area contributed by atoms with Gasteiger partial charge < -0.3 is 0 Å². The molecular formula is C13H11N3O4S. The minimum atomic E-state index is -3.93. The number of hydrogen-bond donors (Lipinski definition) is 2. The van der Waals surface area contributed by atoms with Crippen LogP contribution in [0.15, 0.2) is 47.4 Å². The first-order valence-electron chi connectivity index (χ1n) is 6.08. The molecule has 0 spiro atoms. The molecule has 0 aliphatic carbocycles. The molecule has 0 unspecified atom stereocenters. The quantitative estimate of drug-likeness (QED) is 0.811. The molecule has 0 aromatic heterocycles. The van der Waals surface area contributed by atoms with E-state index in [4.69, 9.17) is 0 Å². The molecule has 1 saturated heterocycles. The lowest BCUT2D eigenvalue weighted by Gasteiger charge is -2.15. The highest BCUT2D eigenvalue weighted by Crippen LogP contribution is 2.19. The lowest BCUT2D eigenvalue weighted by atomic mass is 10.1. The summed E-state index contributed by atoms with van der Waals surface area (Å²) in [6.07, 6.45) is 0. The second-order valence-corrected chi connectivity index (χ2v) is 6.20. The third-order valence-electron chi connectivity index (χ3n) is 3.05. The van der Waals surface area contributed by atoms with Crippen LogP contribution in [0.3, 0.4) is 0 Å². The standard InChI is InChI=1S/C13H11N3O4S/c17-12-8-16(13(18)14-12)15-21(19,20)11-6-5-9-3-1-2-4-10(9)7-11/h1-7,15H,8H2,(H,14,17,18). The number of carbonyl (C=O) groups is 2. The van der Waals surface area contributed by atoms with Crippen LogP contribution in [0.4, 0.5) is 4.79 Å². The maximum absolute atomic E-state index is 12.2. The highest BCUT2D eigenvalue weighted by atomic mass is 32.2. The number of sulfonamides is 1. The van der Waals surface area contributed by atoms with E-state index in [0.29, 0.717) is 0 Å². The number of imide groups is 1. The maximum Gasteiger partial charge on any atom is 0.339 e. The van der Waals surface area contributed by atoms with Crippen molar-refractivity contribution in [3.8, 4) is 0 Å². The summed E-state index contributed by atoms with van der Waals surface area (Å²) in [4.78, 5) is 24.5. The van der Waals surface area contributed by atoms with Gasteiger partial charge in [0.2, 0.25) is 5.91 Å². The molecule has 21 heavy (non-hydrogen) atoms. The zero-order valence-corrected chi connectivity index (χ0v) is 11.6. The Bertz CT molecular complexity index is 847. The SMILES string of the molecule is O=C1CN(NS(=O)(=O)c2ccc3ccccc3c2)C(=O)N1. The van der Waals surface area contributed by atoms with Gasteiger partial charge >= 0.3 is 6.03 Å². The number of hydrazine groups is 1. The van der Waals surface area contributed by atoms with Crippen LogP contribution in [0.25, 0.3) is 10.8 Å². The van der Waals surface area contributed by atoms with Crippen molar-refractivity contribution < 1.29 is 18.0 Å². The molecule has 0 radical (unpaired) electrons. The van der Waals surface area contributed by atoms with Crippen LogP contribution in [0.5, 0.6) is 0 Å². The second-order valence-electron chi connectivity index (χ2n) is 4.54. The molecular weight excluding hydrogens is 294 g/mol. The van der Waals surface area contributed by atoms with Gasteiger partial charge in [0, 0.05) is 0 Å². The molecule has 2 aromatic rings. The van der Waals surface area contributed by atoms with Gasteiger partial charge in [0.15, 0.2) is 0 Å². The molecule has 3 rings (SSSR count). The van der Waals surface area contributed by atoms with Crippen molar-refractivity contribution in [3.63, 3.8) is 0 Å². The van der Waals surface area contributed by atoms with E-state index in [9.17, 15) is 18.0 Å². The summed E-state index contributed by atoms with van der Waals surface area (Å²) < 4.78 is 24.5. The summed E-state index contributed by atoms with van der Waals surface area (Å²) in [5, 5.41) is 4.39. The monoisotopic (exact) mass is 305 g/mol. The highest BCUT2D eigenvalue weighted by Gasteiger charge is 2.30. The number of urea groups is 1. The van der Waals surface area contributed by atoms with Gasteiger partial charge in [-0.3, -0.25) is 10.1 Å². The van der Waals surface area contributed by atoms with Crippen molar-refractivity contribution in [1.29, 1.82) is 0 Å². The van der Waals surface area contributed by atoms with Crippen LogP contribution in [0, 0.1) is 0 Å². The zero-order chi connectivity index (χ0) is 15.0. The van der Waals surface area contributed by atoms with Crippen LogP contribution < -0.4 is 10.1 Å². The van der Waals surface area contributed by atoms with Crippen molar-refractivity contribution in [1.82, 2.24) is 15.2 Å². The summed E-state index contributed by atoms with van der Waals surface area (Å²) in [5.74, 6) is -0.554. The summed E-state index contributed by atoms with van der Waals surface area (Å²) in [7, 11) is -3.93. The molecule has 2 aromatic carbocycles. The topological polar surface area (TPSA) is 95.6 Å². The van der Waals surface area contributed by atoms with Crippen molar-refractivity contribution >= 4 is 32.7 Å². The number of rotatable bonds is 3. The Labute approximate surface area is 120 Å². The van der Waals surface area contributed by atoms with Gasteiger partial charge in [-0.2, -0.15) is 0 Å². The normalized spacial score (nSPS) is 15.5. The number of nitrogens with one attached hydrogen (secondary N) is 2. The predicted molar refractivity (Wildman–Crippen MR) is 74.5 cm³/mol. The van der Waals surface area contributed by atoms with Gasteiger partial charge in [-0.05, 0) is 22.9 Å². The van der Waals surface area contributed by atoms with Gasteiger partial charge in [-0.1, -0.05) is 30.3 Å². The molecule has 1 heterocycles. The van der Waals surface area contributed by atoms with Crippen LogP contribution in [-0.2, 0) is 14.8 Å². The summed E-state index contributed by atoms with van der Waals surface area (Å²) in [6, 6.07) is 11.2. The minimum absolute atomic E-state index is 0.0216. The zero-order valence-electron chi connectivity index (χ0n) is 10.7. The molecule has 108 valence electrons. The molecule has 1 aliphatic heterocycles. The first-order chi connectivity index (χ1) is 9.95. The number of hydrogen-bond acceptors (Lipinski definition) is 4. The van der Waals surface area contributed by atoms with Crippen molar-refractivity contribution in [2.45, 2.75) is 4.90 Å². The van der Waals surface area contributed by atoms with E-state index >= 15 is 0 Å². The fraction of sp³-hybridized carbons (Fsp3) is 0.0769. The van der Waals surface area contributed by atoms with Crippen LogP contribution in [0.1, 0.15) is 0 Å². The van der Waals surface area contributed by atoms with Crippen molar-refractivity contribution in [2.24, 2.45) is 0 Å². The fourth-order valence-electron chi connectivity index (χ4n) is 2.05. The number of nitrogens with zero attached hydrogens (tertiary/aromatic N) is 1. The molecule has 0 bridgehead atoms. The summed E-state index contributed by atoms with van der Waals surface area (Å²) in [5.41, 5.74) is 0. The molecule has 7 nitrogen and oxygen atoms in total. The fourth-order valence-corrected chi connectivity index (χ4v) is 3.12. The average Bonchev–Trinajstić information content (AvgIpc) is 2.75. The first-order valence-corrected chi connectivity index (χ1v) is 7.57. The molecule has 0 saturated carbocycles. The van der Waals surface area contributed by atoms with E-state index in [-0.39, 0.29) is 11.4 Å². The van der Waals surface area contributed by atoms with Crippen molar-refractivity contribution in [2.75, 3.05) is 6.54 Å². The Morgan fingerprint density at radius 2 is 1.76 bits per heavy atom. The van der Waals surface area contributed by atoms with Crippen LogP contribution in [-0.4, -0.2) is 31.9 Å². The summed E-state index contributed by atoms with van der Waals surface area (Å²) in [6.45, 7) is -0.342. The Hall–Kier alpha value is -2.45. The lowest BCUT2D eigenvalue weighted by molar-refractivity contribution is -0.118. The average molecular weight is 305 g/mol. The van der Waals surface area contributed by atoms with Crippen LogP contribution in [0.2, 0.25) is 0 Å². The second kappa shape index (κ2) is 4.83. The van der Waals surface area contributed by atoms with E-state index in [2.05, 4.69) is 4.83 Å². The van der Waals surface area contributed by atoms with E-state index in [1.165, 1.54) is 12.1 Å². The van der Waals surface area contributed by atoms with Crippen LogP contribution >= 0.6 is 0 Å². The minimum Gasteiger partial charge on any atom is -0.275 e. The number of carbonyl (C=O) groups excluding carboxylic acids is 2. The predicted octanol–water partition coefficient (Wildman–Crippen LogP) is 0.585. The molecule has 0 atom stereocenters. The Kier molecular flexibility index (Phi) is 3.11. The maximum atomic E-state index is 12.2. The largest absolute Gasteiger partial charge is 0.339 e. The van der Waals surface area contributed by atoms with E-state index in [0.717, 1.165) is 15.8 Å². The molecule has 2 N–H and O–H groups in total. The smallest absolute Gasteiger partial charge is 0.275 e. The molecule has 1 aliphatic rings. The van der Waals surface area contributed by atoms with E-state index in [1.807, 2.05) is 17.4 Å². The van der Waals surface area contributed by atoms with Gasteiger partial charge in [0.1, 0.15) is 6.54 Å². The van der Waals surface area contributed by atoms with Crippen molar-refractivity contribution in [3.05, 3.63) is 42.5 Å².